The Morgan fingerprint density at radius 1 is 1.18 bits per heavy atom. The maximum Gasteiger partial charge on any atom is 0.317 e. The molecule has 1 saturated heterocycles. The van der Waals surface area contributed by atoms with Crippen molar-refractivity contribution in [3.05, 3.63) is 47.5 Å². The fourth-order valence-electron chi connectivity index (χ4n) is 4.66. The molecular formula is C25H29N5O2S. The lowest BCUT2D eigenvalue weighted by molar-refractivity contribution is 0.204. The SMILES string of the molecule is CC(C)Oc1ccc(-c2nnc(-c3cccc4c3CCC4NC(=O)N3CCCC3)s2)cc1N. The van der Waals surface area contributed by atoms with Gasteiger partial charge in [-0.2, -0.15) is 0 Å². The molecule has 1 aromatic heterocycles. The Hall–Kier alpha value is -3.13. The van der Waals surface area contributed by atoms with E-state index in [1.165, 1.54) is 11.1 Å². The lowest BCUT2D eigenvalue weighted by atomic mass is 10.0. The first-order valence-corrected chi connectivity index (χ1v) is 12.4. The molecule has 8 heteroatoms. The number of nitrogens with zero attached hydrogens (tertiary/aromatic N) is 3. The van der Waals surface area contributed by atoms with Crippen LogP contribution in [0, 0.1) is 0 Å². The molecule has 2 aliphatic rings. The first kappa shape index (κ1) is 21.7. The number of benzene rings is 2. The zero-order valence-electron chi connectivity index (χ0n) is 19.0. The molecule has 0 radical (unpaired) electrons. The molecule has 2 amide bonds. The predicted molar refractivity (Wildman–Crippen MR) is 131 cm³/mol. The molecule has 7 nitrogen and oxygen atoms in total. The summed E-state index contributed by atoms with van der Waals surface area (Å²) in [7, 11) is 0. The molecule has 3 N–H and O–H groups in total. The summed E-state index contributed by atoms with van der Waals surface area (Å²) >= 11 is 1.55. The van der Waals surface area contributed by atoms with Gasteiger partial charge >= 0.3 is 6.03 Å². The molecule has 2 heterocycles. The minimum absolute atomic E-state index is 0.0498. The normalized spacial score (nSPS) is 17.4. The number of hydrogen-bond donors (Lipinski definition) is 2. The van der Waals surface area contributed by atoms with E-state index in [0.29, 0.717) is 11.4 Å². The third-order valence-electron chi connectivity index (χ3n) is 6.24. The highest BCUT2D eigenvalue weighted by atomic mass is 32.1. The maximum atomic E-state index is 12.6. The number of fused-ring (bicyclic) bond motifs is 1. The smallest absolute Gasteiger partial charge is 0.317 e. The second-order valence-electron chi connectivity index (χ2n) is 8.94. The number of urea groups is 1. The summed E-state index contributed by atoms with van der Waals surface area (Å²) in [5, 5.41) is 13.9. The van der Waals surface area contributed by atoms with Gasteiger partial charge < -0.3 is 20.7 Å². The molecule has 1 fully saturated rings. The highest BCUT2D eigenvalue weighted by Gasteiger charge is 2.29. The van der Waals surface area contributed by atoms with Crippen LogP contribution in [0.25, 0.3) is 21.1 Å². The lowest BCUT2D eigenvalue weighted by Gasteiger charge is -2.20. The summed E-state index contributed by atoms with van der Waals surface area (Å²) in [6, 6.07) is 12.1. The zero-order chi connectivity index (χ0) is 22.9. The van der Waals surface area contributed by atoms with Crippen molar-refractivity contribution < 1.29 is 9.53 Å². The van der Waals surface area contributed by atoms with E-state index in [9.17, 15) is 4.79 Å². The molecular weight excluding hydrogens is 434 g/mol. The monoisotopic (exact) mass is 463 g/mol. The van der Waals surface area contributed by atoms with Crippen molar-refractivity contribution in [2.75, 3.05) is 18.8 Å². The van der Waals surface area contributed by atoms with Crippen LogP contribution in [0.2, 0.25) is 0 Å². The molecule has 0 spiro atoms. The number of amides is 2. The molecule has 33 heavy (non-hydrogen) atoms. The van der Waals surface area contributed by atoms with E-state index in [0.717, 1.165) is 59.9 Å². The molecule has 0 saturated carbocycles. The molecule has 172 valence electrons. The lowest BCUT2D eigenvalue weighted by Crippen LogP contribution is -2.39. The third kappa shape index (κ3) is 4.39. The van der Waals surface area contributed by atoms with Crippen molar-refractivity contribution in [3.8, 4) is 26.9 Å². The summed E-state index contributed by atoms with van der Waals surface area (Å²) in [4.78, 5) is 14.5. The number of ether oxygens (including phenoxy) is 1. The summed E-state index contributed by atoms with van der Waals surface area (Å²) in [5.41, 5.74) is 11.3. The Morgan fingerprint density at radius 3 is 2.73 bits per heavy atom. The number of carbonyl (C=O) groups excluding carboxylic acids is 1. The average Bonchev–Trinajstić information content (AvgIpc) is 3.56. The fraction of sp³-hybridized carbons (Fsp3) is 0.400. The van der Waals surface area contributed by atoms with Gasteiger partial charge in [0.25, 0.3) is 0 Å². The fourth-order valence-corrected chi connectivity index (χ4v) is 5.55. The van der Waals surface area contributed by atoms with Crippen molar-refractivity contribution in [1.82, 2.24) is 20.4 Å². The van der Waals surface area contributed by atoms with Crippen LogP contribution in [-0.2, 0) is 6.42 Å². The molecule has 1 unspecified atom stereocenters. The minimum Gasteiger partial charge on any atom is -0.489 e. The van der Waals surface area contributed by atoms with Crippen molar-refractivity contribution in [1.29, 1.82) is 0 Å². The van der Waals surface area contributed by atoms with Crippen LogP contribution in [0.5, 0.6) is 5.75 Å². The van der Waals surface area contributed by atoms with Crippen LogP contribution in [0.15, 0.2) is 36.4 Å². The Bertz CT molecular complexity index is 1170. The third-order valence-corrected chi connectivity index (χ3v) is 7.24. The topological polar surface area (TPSA) is 93.4 Å². The van der Waals surface area contributed by atoms with Gasteiger partial charge in [0, 0.05) is 24.2 Å². The summed E-state index contributed by atoms with van der Waals surface area (Å²) in [6.07, 6.45) is 4.08. The van der Waals surface area contributed by atoms with Crippen LogP contribution < -0.4 is 15.8 Å². The Kier molecular flexibility index (Phi) is 5.93. The van der Waals surface area contributed by atoms with E-state index < -0.39 is 0 Å². The molecule has 1 atom stereocenters. The number of rotatable bonds is 5. The van der Waals surface area contributed by atoms with E-state index in [1.807, 2.05) is 43.0 Å². The van der Waals surface area contributed by atoms with Crippen molar-refractivity contribution in [2.24, 2.45) is 0 Å². The number of likely N-dealkylation sites (tertiary alicyclic amines) is 1. The van der Waals surface area contributed by atoms with E-state index in [4.69, 9.17) is 10.5 Å². The number of aromatic nitrogens is 2. The Balaban J connectivity index is 1.37. The number of carbonyl (C=O) groups is 1. The van der Waals surface area contributed by atoms with Crippen LogP contribution in [0.3, 0.4) is 0 Å². The van der Waals surface area contributed by atoms with E-state index in [2.05, 4.69) is 27.6 Å². The van der Waals surface area contributed by atoms with Crippen molar-refractivity contribution in [2.45, 2.75) is 51.7 Å². The van der Waals surface area contributed by atoms with Crippen molar-refractivity contribution in [3.63, 3.8) is 0 Å². The second kappa shape index (κ2) is 9.02. The van der Waals surface area contributed by atoms with Gasteiger partial charge in [0.2, 0.25) is 0 Å². The van der Waals surface area contributed by atoms with Gasteiger partial charge in [0.05, 0.1) is 17.8 Å². The number of nitrogens with two attached hydrogens (primary N) is 1. The minimum atomic E-state index is 0.0498. The van der Waals surface area contributed by atoms with Crippen LogP contribution in [0.1, 0.15) is 50.3 Å². The second-order valence-corrected chi connectivity index (χ2v) is 9.92. The number of nitrogens with one attached hydrogen (secondary N) is 1. The van der Waals surface area contributed by atoms with Crippen LogP contribution in [-0.4, -0.2) is 40.3 Å². The standard InChI is InChI=1S/C25H29N5O2S/c1-15(2)32-22-11-8-16(14-20(22)26)23-28-29-24(33-23)19-7-5-6-18-17(19)9-10-21(18)27-25(31)30-12-3-4-13-30/h5-8,11,14-15,21H,3-4,9-10,12-13,26H2,1-2H3,(H,27,31). The first-order valence-electron chi connectivity index (χ1n) is 11.6. The van der Waals surface area contributed by atoms with Gasteiger partial charge in [-0.15, -0.1) is 10.2 Å². The molecule has 3 aromatic rings. The number of anilines is 1. The average molecular weight is 464 g/mol. The summed E-state index contributed by atoms with van der Waals surface area (Å²) in [5.74, 6) is 0.682. The summed E-state index contributed by atoms with van der Waals surface area (Å²) in [6.45, 7) is 5.67. The van der Waals surface area contributed by atoms with Crippen molar-refractivity contribution >= 4 is 23.1 Å². The highest BCUT2D eigenvalue weighted by Crippen LogP contribution is 2.40. The quantitative estimate of drug-likeness (QED) is 0.518. The van der Waals surface area contributed by atoms with Gasteiger partial charge in [-0.25, -0.2) is 4.79 Å². The summed E-state index contributed by atoms with van der Waals surface area (Å²) < 4.78 is 5.74. The van der Waals surface area contributed by atoms with Gasteiger partial charge in [-0.1, -0.05) is 29.5 Å². The van der Waals surface area contributed by atoms with E-state index >= 15 is 0 Å². The zero-order valence-corrected chi connectivity index (χ0v) is 19.8. The van der Waals surface area contributed by atoms with E-state index in [1.54, 1.807) is 11.3 Å². The molecule has 5 rings (SSSR count). The van der Waals surface area contributed by atoms with Gasteiger partial charge in [0.1, 0.15) is 15.8 Å². The highest BCUT2D eigenvalue weighted by molar-refractivity contribution is 7.17. The molecule has 2 aromatic carbocycles. The Labute approximate surface area is 198 Å². The molecule has 0 bridgehead atoms. The van der Waals surface area contributed by atoms with E-state index in [-0.39, 0.29) is 18.2 Å². The van der Waals surface area contributed by atoms with Crippen LogP contribution >= 0.6 is 11.3 Å². The molecule has 1 aliphatic carbocycles. The van der Waals surface area contributed by atoms with Crippen LogP contribution in [0.4, 0.5) is 10.5 Å². The number of hydrogen-bond acceptors (Lipinski definition) is 6. The molecule has 1 aliphatic heterocycles. The van der Waals surface area contributed by atoms with Gasteiger partial charge in [0.15, 0.2) is 0 Å². The van der Waals surface area contributed by atoms with Gasteiger partial charge in [-0.3, -0.25) is 0 Å². The predicted octanol–water partition coefficient (Wildman–Crippen LogP) is 5.03. The Morgan fingerprint density at radius 2 is 1.97 bits per heavy atom. The first-order chi connectivity index (χ1) is 16.0. The van der Waals surface area contributed by atoms with Gasteiger partial charge in [-0.05, 0) is 68.9 Å². The maximum absolute atomic E-state index is 12.6. The largest absolute Gasteiger partial charge is 0.489 e. The number of nitrogen functional groups attached to an aromatic ring is 1.